The Labute approximate surface area is 150 Å². The van der Waals surface area contributed by atoms with Crippen molar-refractivity contribution >= 4 is 17.1 Å². The second-order valence-electron chi connectivity index (χ2n) is 6.19. The van der Waals surface area contributed by atoms with E-state index in [-0.39, 0.29) is 6.04 Å². The predicted octanol–water partition coefficient (Wildman–Crippen LogP) is 1.71. The van der Waals surface area contributed by atoms with Crippen LogP contribution in [-0.4, -0.2) is 31.8 Å². The Balaban J connectivity index is 1.97. The molecule has 0 aliphatic rings. The number of anilines is 1. The average Bonchev–Trinajstić information content (AvgIpc) is 2.99. The maximum absolute atomic E-state index is 12.4. The number of imidazole rings is 1. The zero-order chi connectivity index (χ0) is 18.7. The summed E-state index contributed by atoms with van der Waals surface area (Å²) in [6.07, 6.45) is 0.902. The highest BCUT2D eigenvalue weighted by molar-refractivity contribution is 5.74. The van der Waals surface area contributed by atoms with Gasteiger partial charge in [-0.25, -0.2) is 4.79 Å². The smallest absolute Gasteiger partial charge is 0.329 e. The van der Waals surface area contributed by atoms with Crippen LogP contribution in [-0.2, 0) is 13.6 Å². The standard InChI is InChI=1S/C18H23N5O3/c1-4-12(2)19-17-20-15-14(16(24)21-18(25)22(15)3)23(17)10-11-26-13-8-6-5-7-9-13/h5-9,12H,4,10-11H2,1-3H3,(H,19,20)(H,21,24,25)/t12-/m0/s1. The van der Waals surface area contributed by atoms with Crippen LogP contribution in [0.1, 0.15) is 20.3 Å². The summed E-state index contributed by atoms with van der Waals surface area (Å²) in [6, 6.07) is 9.65. The van der Waals surface area contributed by atoms with Gasteiger partial charge in [-0.3, -0.25) is 14.3 Å². The van der Waals surface area contributed by atoms with E-state index in [2.05, 4.69) is 22.2 Å². The van der Waals surface area contributed by atoms with Crippen LogP contribution in [0, 0.1) is 0 Å². The Morgan fingerprint density at radius 2 is 2.00 bits per heavy atom. The summed E-state index contributed by atoms with van der Waals surface area (Å²) in [5.41, 5.74) is -0.228. The number of nitrogens with zero attached hydrogens (tertiary/aromatic N) is 3. The van der Waals surface area contributed by atoms with Crippen LogP contribution in [0.15, 0.2) is 39.9 Å². The molecule has 1 atom stereocenters. The molecule has 0 aliphatic carbocycles. The van der Waals surface area contributed by atoms with Gasteiger partial charge < -0.3 is 14.6 Å². The number of hydrogen-bond acceptors (Lipinski definition) is 5. The second-order valence-corrected chi connectivity index (χ2v) is 6.19. The van der Waals surface area contributed by atoms with Crippen molar-refractivity contribution in [2.24, 2.45) is 7.05 Å². The maximum atomic E-state index is 12.4. The summed E-state index contributed by atoms with van der Waals surface area (Å²) in [5, 5.41) is 3.30. The van der Waals surface area contributed by atoms with Crippen molar-refractivity contribution in [1.82, 2.24) is 19.1 Å². The SMILES string of the molecule is CC[C@H](C)Nc1nc2c(c(=O)[nH]c(=O)n2C)n1CCOc1ccccc1. The number of hydrogen-bond donors (Lipinski definition) is 2. The Morgan fingerprint density at radius 3 is 2.69 bits per heavy atom. The molecule has 1 aromatic carbocycles. The molecular weight excluding hydrogens is 334 g/mol. The first-order chi connectivity index (χ1) is 12.5. The zero-order valence-electron chi connectivity index (χ0n) is 15.2. The van der Waals surface area contributed by atoms with Crippen LogP contribution in [0.5, 0.6) is 5.75 Å². The highest BCUT2D eigenvalue weighted by Crippen LogP contribution is 2.17. The van der Waals surface area contributed by atoms with Gasteiger partial charge in [0.05, 0.1) is 6.54 Å². The lowest BCUT2D eigenvalue weighted by molar-refractivity contribution is 0.300. The lowest BCUT2D eigenvalue weighted by Crippen LogP contribution is -2.29. The molecule has 0 aliphatic heterocycles. The molecule has 2 heterocycles. The van der Waals surface area contributed by atoms with Gasteiger partial charge in [-0.05, 0) is 25.5 Å². The Kier molecular flexibility index (Phi) is 5.11. The van der Waals surface area contributed by atoms with E-state index in [1.54, 1.807) is 11.6 Å². The molecule has 0 fully saturated rings. The van der Waals surface area contributed by atoms with E-state index in [1.165, 1.54) is 4.57 Å². The highest BCUT2D eigenvalue weighted by Gasteiger charge is 2.18. The largest absolute Gasteiger partial charge is 0.492 e. The number of rotatable bonds is 7. The fourth-order valence-corrected chi connectivity index (χ4v) is 2.66. The van der Waals surface area contributed by atoms with Crippen molar-refractivity contribution in [2.45, 2.75) is 32.9 Å². The topological polar surface area (TPSA) is 93.9 Å². The van der Waals surface area contributed by atoms with E-state index >= 15 is 0 Å². The average molecular weight is 357 g/mol. The van der Waals surface area contributed by atoms with Crippen molar-refractivity contribution in [1.29, 1.82) is 0 Å². The molecule has 0 saturated heterocycles. The van der Waals surface area contributed by atoms with E-state index in [0.717, 1.165) is 12.2 Å². The van der Waals surface area contributed by atoms with E-state index in [4.69, 9.17) is 4.74 Å². The van der Waals surface area contributed by atoms with Crippen LogP contribution in [0.2, 0.25) is 0 Å². The molecule has 8 heteroatoms. The van der Waals surface area contributed by atoms with Gasteiger partial charge in [0.15, 0.2) is 11.2 Å². The molecule has 0 spiro atoms. The number of H-pyrrole nitrogens is 1. The summed E-state index contributed by atoms with van der Waals surface area (Å²) in [5.74, 6) is 1.31. The van der Waals surface area contributed by atoms with Crippen LogP contribution in [0.4, 0.5) is 5.95 Å². The van der Waals surface area contributed by atoms with Gasteiger partial charge in [0.1, 0.15) is 12.4 Å². The lowest BCUT2D eigenvalue weighted by Gasteiger charge is -2.15. The molecule has 0 unspecified atom stereocenters. The first-order valence-corrected chi connectivity index (χ1v) is 8.65. The van der Waals surface area contributed by atoms with Crippen molar-refractivity contribution in [3.63, 3.8) is 0 Å². The number of benzene rings is 1. The minimum Gasteiger partial charge on any atom is -0.492 e. The third kappa shape index (κ3) is 3.49. The summed E-state index contributed by atoms with van der Waals surface area (Å²) >= 11 is 0. The van der Waals surface area contributed by atoms with Crippen LogP contribution in [0.25, 0.3) is 11.2 Å². The number of fused-ring (bicyclic) bond motifs is 1. The molecule has 0 saturated carbocycles. The monoisotopic (exact) mass is 357 g/mol. The molecule has 138 valence electrons. The molecule has 0 bridgehead atoms. The first kappa shape index (κ1) is 17.8. The molecule has 26 heavy (non-hydrogen) atoms. The normalized spacial score (nSPS) is 12.3. The second kappa shape index (κ2) is 7.47. The summed E-state index contributed by atoms with van der Waals surface area (Å²) in [7, 11) is 1.59. The Bertz CT molecular complexity index is 1000. The van der Waals surface area contributed by atoms with Crippen LogP contribution >= 0.6 is 0 Å². The molecular formula is C18H23N5O3. The molecule has 8 nitrogen and oxygen atoms in total. The third-order valence-corrected chi connectivity index (χ3v) is 4.32. The molecule has 3 rings (SSSR count). The summed E-state index contributed by atoms with van der Waals surface area (Å²) in [4.78, 5) is 31.1. The van der Waals surface area contributed by atoms with Crippen LogP contribution < -0.4 is 21.3 Å². The number of nitrogens with one attached hydrogen (secondary N) is 2. The minimum absolute atomic E-state index is 0.178. The number of ether oxygens (including phenoxy) is 1. The van der Waals surface area contributed by atoms with Crippen molar-refractivity contribution in [3.05, 3.63) is 51.2 Å². The van der Waals surface area contributed by atoms with E-state index < -0.39 is 11.2 Å². The van der Waals surface area contributed by atoms with Crippen molar-refractivity contribution in [2.75, 3.05) is 11.9 Å². The molecule has 0 radical (unpaired) electrons. The van der Waals surface area contributed by atoms with Crippen molar-refractivity contribution < 1.29 is 4.74 Å². The fourth-order valence-electron chi connectivity index (χ4n) is 2.66. The van der Waals surface area contributed by atoms with Gasteiger partial charge in [-0.2, -0.15) is 4.98 Å². The van der Waals surface area contributed by atoms with Gasteiger partial charge in [-0.1, -0.05) is 25.1 Å². The molecule has 2 aromatic heterocycles. The number of aryl methyl sites for hydroxylation is 1. The zero-order valence-corrected chi connectivity index (χ0v) is 15.2. The molecule has 3 aromatic rings. The van der Waals surface area contributed by atoms with Gasteiger partial charge in [-0.15, -0.1) is 0 Å². The maximum Gasteiger partial charge on any atom is 0.329 e. The highest BCUT2D eigenvalue weighted by atomic mass is 16.5. The van der Waals surface area contributed by atoms with Crippen molar-refractivity contribution in [3.8, 4) is 5.75 Å². The number of aromatic amines is 1. The lowest BCUT2D eigenvalue weighted by atomic mass is 10.3. The fraction of sp³-hybridized carbons (Fsp3) is 0.389. The third-order valence-electron chi connectivity index (χ3n) is 4.32. The summed E-state index contributed by atoms with van der Waals surface area (Å²) < 4.78 is 8.86. The van der Waals surface area contributed by atoms with Gasteiger partial charge in [0.2, 0.25) is 5.95 Å². The Hall–Kier alpha value is -3.03. The van der Waals surface area contributed by atoms with E-state index in [1.807, 2.05) is 37.3 Å². The van der Waals surface area contributed by atoms with Crippen LogP contribution in [0.3, 0.4) is 0 Å². The summed E-state index contributed by atoms with van der Waals surface area (Å²) in [6.45, 7) is 4.89. The van der Waals surface area contributed by atoms with E-state index in [9.17, 15) is 9.59 Å². The van der Waals surface area contributed by atoms with Gasteiger partial charge in [0.25, 0.3) is 5.56 Å². The number of aromatic nitrogens is 4. The molecule has 2 N–H and O–H groups in total. The number of para-hydroxylation sites is 1. The first-order valence-electron chi connectivity index (χ1n) is 8.65. The predicted molar refractivity (Wildman–Crippen MR) is 101 cm³/mol. The van der Waals surface area contributed by atoms with Gasteiger partial charge in [0, 0.05) is 13.1 Å². The van der Waals surface area contributed by atoms with E-state index in [0.29, 0.717) is 30.3 Å². The Morgan fingerprint density at radius 1 is 1.27 bits per heavy atom. The van der Waals surface area contributed by atoms with Gasteiger partial charge >= 0.3 is 5.69 Å². The molecule has 0 amide bonds. The quantitative estimate of drug-likeness (QED) is 0.671. The minimum atomic E-state index is -0.484.